The molecule has 0 saturated carbocycles. The average molecular weight is 784 g/mol. The molecule has 4 heterocycles. The number of oxazole rings is 1. The number of ether oxygens (including phenoxy) is 1. The second kappa shape index (κ2) is 13.9. The molecule has 0 saturated heterocycles. The zero-order chi connectivity index (χ0) is 36.9. The van der Waals surface area contributed by atoms with E-state index in [4.69, 9.17) is 9.15 Å². The molecule has 0 N–H and O–H groups in total. The van der Waals surface area contributed by atoms with Gasteiger partial charge in [0.05, 0.1) is 33.4 Å². The molecule has 0 atom stereocenters. The fourth-order valence-corrected chi connectivity index (χ4v) is 9.34. The molecule has 14 heteroatoms. The lowest BCUT2D eigenvalue weighted by Gasteiger charge is -2.20. The SMILES string of the molecule is CCC(/C=C1\Oc2ccc(-c3csc4ccccc34)cc2N1CCS(=O)(=O)[O-])=C\c1oc2ccc(-c3csc4ccccc34)cc2[n+]1CCS(=O)(=O)[O-]. The first-order chi connectivity index (χ1) is 25.4. The highest BCUT2D eigenvalue weighted by atomic mass is 32.2. The first-order valence-corrected chi connectivity index (χ1v) is 21.6. The lowest BCUT2D eigenvalue weighted by Crippen LogP contribution is -2.38. The Bertz CT molecular complexity index is 2830. The van der Waals surface area contributed by atoms with Gasteiger partial charge in [0, 0.05) is 50.0 Å². The lowest BCUT2D eigenvalue weighted by molar-refractivity contribution is -0.673. The average Bonchev–Trinajstić information content (AvgIpc) is 3.91. The van der Waals surface area contributed by atoms with Crippen LogP contribution in [0, 0.1) is 0 Å². The van der Waals surface area contributed by atoms with Crippen molar-refractivity contribution in [3.05, 3.63) is 119 Å². The van der Waals surface area contributed by atoms with Crippen molar-refractivity contribution in [2.75, 3.05) is 23.0 Å². The molecule has 0 fully saturated rings. The molecule has 3 aromatic heterocycles. The third kappa shape index (κ3) is 7.26. The molecule has 1 aliphatic rings. The van der Waals surface area contributed by atoms with Crippen molar-refractivity contribution in [2.24, 2.45) is 0 Å². The monoisotopic (exact) mass is 783 g/mol. The largest absolute Gasteiger partial charge is 0.748 e. The second-order valence-corrected chi connectivity index (χ2v) is 17.5. The minimum atomic E-state index is -4.55. The maximum absolute atomic E-state index is 11.8. The number of nitrogens with zero attached hydrogens (tertiary/aromatic N) is 2. The van der Waals surface area contributed by atoms with E-state index < -0.39 is 31.7 Å². The number of benzene rings is 4. The van der Waals surface area contributed by atoms with E-state index in [1.807, 2.05) is 67.6 Å². The maximum Gasteiger partial charge on any atom is 0.374 e. The molecule has 270 valence electrons. The molecular formula is C39H31N2O8S4-. The third-order valence-electron chi connectivity index (χ3n) is 9.20. The quantitative estimate of drug-likeness (QED) is 0.0939. The fraction of sp³-hybridized carbons (Fsp3) is 0.154. The maximum atomic E-state index is 11.8. The molecule has 53 heavy (non-hydrogen) atoms. The van der Waals surface area contributed by atoms with Crippen molar-refractivity contribution in [1.82, 2.24) is 0 Å². The minimum absolute atomic E-state index is 0.137. The van der Waals surface area contributed by atoms with Crippen LogP contribution in [-0.2, 0) is 26.8 Å². The number of aryl methyl sites for hydroxylation is 1. The van der Waals surface area contributed by atoms with Crippen LogP contribution in [0.25, 0.3) is 59.6 Å². The Kier molecular flexibility index (Phi) is 9.21. The Hall–Kier alpha value is -4.83. The summed E-state index contributed by atoms with van der Waals surface area (Å²) in [6.07, 6.45) is 3.98. The van der Waals surface area contributed by atoms with Crippen LogP contribution in [0.3, 0.4) is 0 Å². The number of allylic oxidation sites excluding steroid dienone is 2. The van der Waals surface area contributed by atoms with Crippen LogP contribution in [0.2, 0.25) is 0 Å². The van der Waals surface area contributed by atoms with Crippen LogP contribution < -0.4 is 14.2 Å². The van der Waals surface area contributed by atoms with Crippen LogP contribution in [0.5, 0.6) is 5.75 Å². The Labute approximate surface area is 314 Å². The van der Waals surface area contributed by atoms with Crippen molar-refractivity contribution in [3.8, 4) is 28.0 Å². The van der Waals surface area contributed by atoms with E-state index in [2.05, 4.69) is 35.0 Å². The molecule has 7 aromatic rings. The van der Waals surface area contributed by atoms with Gasteiger partial charge in [-0.25, -0.2) is 16.8 Å². The van der Waals surface area contributed by atoms with Gasteiger partial charge < -0.3 is 23.2 Å². The normalized spacial score (nSPS) is 14.5. The predicted octanol–water partition coefficient (Wildman–Crippen LogP) is 8.11. The van der Waals surface area contributed by atoms with Crippen molar-refractivity contribution in [3.63, 3.8) is 0 Å². The Morgan fingerprint density at radius 2 is 1.43 bits per heavy atom. The number of fused-ring (bicyclic) bond motifs is 4. The number of rotatable bonds is 11. The van der Waals surface area contributed by atoms with Gasteiger partial charge in [0.2, 0.25) is 11.5 Å². The molecule has 1 aliphatic heterocycles. The molecule has 10 nitrogen and oxygen atoms in total. The van der Waals surface area contributed by atoms with Crippen molar-refractivity contribution in [1.29, 1.82) is 0 Å². The number of thiophene rings is 2. The molecule has 0 amide bonds. The van der Waals surface area contributed by atoms with Gasteiger partial charge in [0.25, 0.3) is 5.52 Å². The summed E-state index contributed by atoms with van der Waals surface area (Å²) >= 11 is 3.26. The van der Waals surface area contributed by atoms with Gasteiger partial charge in [0.1, 0.15) is 10.1 Å². The van der Waals surface area contributed by atoms with Gasteiger partial charge in [0.15, 0.2) is 12.3 Å². The zero-order valence-electron chi connectivity index (χ0n) is 28.2. The van der Waals surface area contributed by atoms with Crippen LogP contribution in [0.1, 0.15) is 19.2 Å². The molecule has 4 aromatic carbocycles. The van der Waals surface area contributed by atoms with Gasteiger partial charge in [-0.2, -0.15) is 4.57 Å². The van der Waals surface area contributed by atoms with Gasteiger partial charge in [-0.3, -0.25) is 0 Å². The molecule has 0 radical (unpaired) electrons. The summed E-state index contributed by atoms with van der Waals surface area (Å²) < 4.78 is 87.4. The summed E-state index contributed by atoms with van der Waals surface area (Å²) in [5, 5.41) is 6.35. The van der Waals surface area contributed by atoms with Crippen LogP contribution in [0.4, 0.5) is 5.69 Å². The Morgan fingerprint density at radius 3 is 2.08 bits per heavy atom. The minimum Gasteiger partial charge on any atom is -0.748 e. The number of aromatic nitrogens is 1. The van der Waals surface area contributed by atoms with E-state index >= 15 is 0 Å². The van der Waals surface area contributed by atoms with Crippen molar-refractivity contribution in [2.45, 2.75) is 19.9 Å². The second-order valence-electron chi connectivity index (χ2n) is 12.6. The summed E-state index contributed by atoms with van der Waals surface area (Å²) in [5.74, 6) is -0.134. The smallest absolute Gasteiger partial charge is 0.374 e. The van der Waals surface area contributed by atoms with E-state index in [1.165, 1.54) is 0 Å². The van der Waals surface area contributed by atoms with Crippen molar-refractivity contribution < 1.29 is 39.7 Å². The van der Waals surface area contributed by atoms with Gasteiger partial charge in [-0.05, 0) is 64.2 Å². The molecule has 0 aliphatic carbocycles. The first-order valence-electron chi connectivity index (χ1n) is 16.7. The van der Waals surface area contributed by atoms with Gasteiger partial charge in [-0.15, -0.1) is 22.7 Å². The summed E-state index contributed by atoms with van der Waals surface area (Å²) in [4.78, 5) is 1.68. The van der Waals surface area contributed by atoms with Crippen molar-refractivity contribution >= 4 is 85.9 Å². The summed E-state index contributed by atoms with van der Waals surface area (Å²) in [6.45, 7) is 1.65. The number of hydrogen-bond acceptors (Lipinski definition) is 11. The van der Waals surface area contributed by atoms with E-state index in [1.54, 1.807) is 44.3 Å². The molecule has 0 bridgehead atoms. The summed E-state index contributed by atoms with van der Waals surface area (Å²) in [5.41, 5.74) is 6.34. The lowest BCUT2D eigenvalue weighted by atomic mass is 10.0. The number of anilines is 1. The fourth-order valence-electron chi connectivity index (χ4n) is 6.59. The molecule has 0 spiro atoms. The Balaban J connectivity index is 1.20. The summed E-state index contributed by atoms with van der Waals surface area (Å²) in [6, 6.07) is 27.6. The van der Waals surface area contributed by atoms with Crippen LogP contribution in [-0.4, -0.2) is 44.0 Å². The highest BCUT2D eigenvalue weighted by Crippen LogP contribution is 2.44. The van der Waals surface area contributed by atoms with Gasteiger partial charge >= 0.3 is 5.89 Å². The third-order valence-corrected chi connectivity index (χ3v) is 12.5. The highest BCUT2D eigenvalue weighted by Gasteiger charge is 2.29. The predicted molar refractivity (Wildman–Crippen MR) is 208 cm³/mol. The Morgan fingerprint density at radius 1 is 0.811 bits per heavy atom. The van der Waals surface area contributed by atoms with E-state index in [9.17, 15) is 25.9 Å². The molecule has 8 rings (SSSR count). The van der Waals surface area contributed by atoms with E-state index in [0.29, 0.717) is 46.3 Å². The van der Waals surface area contributed by atoms with Gasteiger partial charge in [-0.1, -0.05) is 55.5 Å². The molecule has 0 unspecified atom stereocenters. The standard InChI is InChI=1S/C39H32N2O8S4/c1-2-25(19-38-40(15-17-52(42,43)44)32-21-26(11-13-34(32)48-38)30-23-50-36-9-5-3-7-28(30)36)20-39-41(16-18-53(45,46)47)33-22-27(12-14-35(33)49-39)31-24-51-37-10-6-4-8-29(31)37/h3-14,19-24H,2,15-18H2,1H3,(H-,42,43,44,45,46,47)/p-1. The summed E-state index contributed by atoms with van der Waals surface area (Å²) in [7, 11) is -9.11. The first kappa shape index (κ1) is 35.2. The van der Waals surface area contributed by atoms with E-state index in [-0.39, 0.29) is 13.1 Å². The van der Waals surface area contributed by atoms with Crippen LogP contribution in [0.15, 0.2) is 118 Å². The molecular weight excluding hydrogens is 753 g/mol. The highest BCUT2D eigenvalue weighted by molar-refractivity contribution is 7.85. The zero-order valence-corrected chi connectivity index (χ0v) is 31.5. The van der Waals surface area contributed by atoms with Crippen LogP contribution >= 0.6 is 22.7 Å². The topological polar surface area (TPSA) is 144 Å². The number of hydrogen-bond donors (Lipinski definition) is 0. The van der Waals surface area contributed by atoms with E-state index in [0.717, 1.165) is 42.4 Å².